The fourth-order valence-electron chi connectivity index (χ4n) is 2.19. The highest BCUT2D eigenvalue weighted by atomic mass is 35.5. The maximum atomic E-state index is 12.2. The van der Waals surface area contributed by atoms with Crippen molar-refractivity contribution < 1.29 is 9.53 Å². The molecule has 23 heavy (non-hydrogen) atoms. The van der Waals surface area contributed by atoms with Gasteiger partial charge in [-0.05, 0) is 24.1 Å². The van der Waals surface area contributed by atoms with E-state index in [-0.39, 0.29) is 5.91 Å². The fourth-order valence-corrected chi connectivity index (χ4v) is 3.23. The SMILES string of the molecule is COCCCN(C)C(=O)Cc1csc(Cc2cccc(Cl)c2)n1. The number of aromatic nitrogens is 1. The number of likely N-dealkylation sites (N-methyl/N-ethyl adjacent to an activating group) is 1. The molecule has 0 spiro atoms. The van der Waals surface area contributed by atoms with E-state index in [4.69, 9.17) is 16.3 Å². The van der Waals surface area contributed by atoms with Gasteiger partial charge in [0.25, 0.3) is 0 Å². The average molecular weight is 353 g/mol. The van der Waals surface area contributed by atoms with Gasteiger partial charge in [-0.1, -0.05) is 23.7 Å². The Morgan fingerprint density at radius 3 is 3.00 bits per heavy atom. The molecule has 1 heterocycles. The fraction of sp³-hybridized carbons (Fsp3) is 0.412. The van der Waals surface area contributed by atoms with Crippen molar-refractivity contribution in [3.05, 3.63) is 50.9 Å². The molecule has 1 amide bonds. The maximum Gasteiger partial charge on any atom is 0.228 e. The summed E-state index contributed by atoms with van der Waals surface area (Å²) in [6, 6.07) is 7.76. The summed E-state index contributed by atoms with van der Waals surface area (Å²) < 4.78 is 5.00. The molecule has 1 aromatic carbocycles. The van der Waals surface area contributed by atoms with Crippen LogP contribution >= 0.6 is 22.9 Å². The van der Waals surface area contributed by atoms with Gasteiger partial charge in [-0.3, -0.25) is 4.79 Å². The van der Waals surface area contributed by atoms with Gasteiger partial charge in [0, 0.05) is 44.1 Å². The molecule has 2 rings (SSSR count). The first-order valence-corrected chi connectivity index (χ1v) is 8.75. The Morgan fingerprint density at radius 2 is 2.26 bits per heavy atom. The third kappa shape index (κ3) is 5.94. The number of carbonyl (C=O) groups is 1. The molecule has 0 aliphatic carbocycles. The van der Waals surface area contributed by atoms with E-state index < -0.39 is 0 Å². The first-order valence-electron chi connectivity index (χ1n) is 7.49. The van der Waals surface area contributed by atoms with E-state index >= 15 is 0 Å². The van der Waals surface area contributed by atoms with Crippen molar-refractivity contribution in [1.82, 2.24) is 9.88 Å². The maximum absolute atomic E-state index is 12.2. The van der Waals surface area contributed by atoms with E-state index in [2.05, 4.69) is 4.98 Å². The molecule has 0 radical (unpaired) electrons. The zero-order valence-corrected chi connectivity index (χ0v) is 15.0. The molecule has 0 bridgehead atoms. The van der Waals surface area contributed by atoms with Gasteiger partial charge in [-0.15, -0.1) is 11.3 Å². The van der Waals surface area contributed by atoms with Crippen LogP contribution in [0.5, 0.6) is 0 Å². The first-order chi connectivity index (χ1) is 11.1. The minimum atomic E-state index is 0.0840. The highest BCUT2D eigenvalue weighted by Crippen LogP contribution is 2.18. The zero-order valence-electron chi connectivity index (χ0n) is 13.4. The molecule has 0 aliphatic heterocycles. The van der Waals surface area contributed by atoms with Crippen LogP contribution in [0.2, 0.25) is 5.02 Å². The van der Waals surface area contributed by atoms with Crippen LogP contribution in [0.3, 0.4) is 0 Å². The number of methoxy groups -OCH3 is 1. The van der Waals surface area contributed by atoms with Gasteiger partial charge in [0.1, 0.15) is 0 Å². The van der Waals surface area contributed by atoms with Crippen LogP contribution < -0.4 is 0 Å². The number of hydrogen-bond donors (Lipinski definition) is 0. The Hall–Kier alpha value is -1.43. The van der Waals surface area contributed by atoms with Crippen LogP contribution in [0.15, 0.2) is 29.6 Å². The standard InChI is InChI=1S/C17H21ClN2O2S/c1-20(7-4-8-22-2)17(21)11-15-12-23-16(19-15)10-13-5-3-6-14(18)9-13/h3,5-6,9,12H,4,7-8,10-11H2,1-2H3. The molecule has 6 heteroatoms. The third-order valence-electron chi connectivity index (χ3n) is 3.44. The van der Waals surface area contributed by atoms with E-state index in [0.29, 0.717) is 19.6 Å². The van der Waals surface area contributed by atoms with Crippen molar-refractivity contribution in [1.29, 1.82) is 0 Å². The molecule has 0 N–H and O–H groups in total. The van der Waals surface area contributed by atoms with Gasteiger partial charge in [-0.2, -0.15) is 0 Å². The number of hydrogen-bond acceptors (Lipinski definition) is 4. The third-order valence-corrected chi connectivity index (χ3v) is 4.58. The van der Waals surface area contributed by atoms with Gasteiger partial charge in [0.15, 0.2) is 0 Å². The molecule has 0 unspecified atom stereocenters. The van der Waals surface area contributed by atoms with Crippen LogP contribution in [0, 0.1) is 0 Å². The number of nitrogens with zero attached hydrogens (tertiary/aromatic N) is 2. The van der Waals surface area contributed by atoms with Crippen LogP contribution in [0.4, 0.5) is 0 Å². The topological polar surface area (TPSA) is 42.4 Å². The second kappa shape index (κ2) is 9.01. The number of amides is 1. The monoisotopic (exact) mass is 352 g/mol. The van der Waals surface area contributed by atoms with Crippen LogP contribution in [0.1, 0.15) is 22.7 Å². The minimum Gasteiger partial charge on any atom is -0.385 e. The Labute approximate surface area is 146 Å². The molecule has 0 aliphatic rings. The second-order valence-corrected chi connectivity index (χ2v) is 6.76. The average Bonchev–Trinajstić information content (AvgIpc) is 2.94. The summed E-state index contributed by atoms with van der Waals surface area (Å²) >= 11 is 7.58. The number of ether oxygens (including phenoxy) is 1. The molecule has 0 saturated carbocycles. The smallest absolute Gasteiger partial charge is 0.228 e. The largest absolute Gasteiger partial charge is 0.385 e. The number of carbonyl (C=O) groups excluding carboxylic acids is 1. The number of halogens is 1. The van der Waals surface area contributed by atoms with Crippen molar-refractivity contribution in [3.8, 4) is 0 Å². The summed E-state index contributed by atoms with van der Waals surface area (Å²) in [7, 11) is 3.48. The molecular weight excluding hydrogens is 332 g/mol. The number of benzene rings is 1. The predicted molar refractivity (Wildman–Crippen MR) is 94.2 cm³/mol. The minimum absolute atomic E-state index is 0.0840. The lowest BCUT2D eigenvalue weighted by Crippen LogP contribution is -2.29. The van der Waals surface area contributed by atoms with Gasteiger partial charge in [-0.25, -0.2) is 4.98 Å². The lowest BCUT2D eigenvalue weighted by molar-refractivity contribution is -0.129. The van der Waals surface area contributed by atoms with E-state index in [0.717, 1.165) is 34.1 Å². The van der Waals surface area contributed by atoms with E-state index in [9.17, 15) is 4.79 Å². The second-order valence-electron chi connectivity index (χ2n) is 5.38. The molecular formula is C17H21ClN2O2S. The lowest BCUT2D eigenvalue weighted by Gasteiger charge is -2.16. The molecule has 0 saturated heterocycles. The Bertz CT molecular complexity index is 645. The molecule has 1 aromatic heterocycles. The number of rotatable bonds is 8. The Kier molecular flexibility index (Phi) is 7.02. The van der Waals surface area contributed by atoms with Gasteiger partial charge in [0.05, 0.1) is 17.1 Å². The highest BCUT2D eigenvalue weighted by Gasteiger charge is 2.12. The van der Waals surface area contributed by atoms with E-state index in [1.807, 2.05) is 36.7 Å². The molecule has 2 aromatic rings. The van der Waals surface area contributed by atoms with Crippen molar-refractivity contribution in [3.63, 3.8) is 0 Å². The van der Waals surface area contributed by atoms with Crippen LogP contribution in [-0.4, -0.2) is 43.1 Å². The summed E-state index contributed by atoms with van der Waals surface area (Å²) in [5.74, 6) is 0.0840. The molecule has 124 valence electrons. The zero-order chi connectivity index (χ0) is 16.7. The first kappa shape index (κ1) is 17.9. The normalized spacial score (nSPS) is 10.7. The lowest BCUT2D eigenvalue weighted by atomic mass is 10.2. The van der Waals surface area contributed by atoms with Crippen LogP contribution in [-0.2, 0) is 22.4 Å². The van der Waals surface area contributed by atoms with Crippen LogP contribution in [0.25, 0.3) is 0 Å². The Balaban J connectivity index is 1.88. The van der Waals surface area contributed by atoms with Crippen molar-refractivity contribution in [2.75, 3.05) is 27.3 Å². The van der Waals surface area contributed by atoms with Crippen molar-refractivity contribution >= 4 is 28.8 Å². The summed E-state index contributed by atoms with van der Waals surface area (Å²) in [6.45, 7) is 1.37. The quantitative estimate of drug-likeness (QED) is 0.683. The van der Waals surface area contributed by atoms with Gasteiger partial charge >= 0.3 is 0 Å². The molecule has 0 fully saturated rings. The molecule has 0 atom stereocenters. The van der Waals surface area contributed by atoms with Gasteiger partial charge < -0.3 is 9.64 Å². The van der Waals surface area contributed by atoms with E-state index in [1.54, 1.807) is 23.3 Å². The van der Waals surface area contributed by atoms with Crippen molar-refractivity contribution in [2.24, 2.45) is 0 Å². The van der Waals surface area contributed by atoms with E-state index in [1.165, 1.54) is 0 Å². The summed E-state index contributed by atoms with van der Waals surface area (Å²) in [4.78, 5) is 18.4. The summed E-state index contributed by atoms with van der Waals surface area (Å²) in [5, 5.41) is 3.69. The predicted octanol–water partition coefficient (Wildman–Crippen LogP) is 3.42. The highest BCUT2D eigenvalue weighted by molar-refractivity contribution is 7.09. The molecule has 4 nitrogen and oxygen atoms in total. The van der Waals surface area contributed by atoms with Gasteiger partial charge in [0.2, 0.25) is 5.91 Å². The number of thiazole rings is 1. The summed E-state index contributed by atoms with van der Waals surface area (Å²) in [6.07, 6.45) is 1.93. The summed E-state index contributed by atoms with van der Waals surface area (Å²) in [5.41, 5.74) is 1.96. The van der Waals surface area contributed by atoms with Crippen molar-refractivity contribution in [2.45, 2.75) is 19.3 Å². The Morgan fingerprint density at radius 1 is 1.43 bits per heavy atom.